The molecule has 5 heteroatoms. The van der Waals surface area contributed by atoms with Gasteiger partial charge in [-0.25, -0.2) is 8.78 Å². The molecule has 1 N–H and O–H groups in total. The molecule has 0 saturated carbocycles. The Labute approximate surface area is 136 Å². The van der Waals surface area contributed by atoms with Crippen molar-refractivity contribution in [3.05, 3.63) is 68.7 Å². The van der Waals surface area contributed by atoms with Gasteiger partial charge in [0.2, 0.25) is 0 Å². The fourth-order valence-corrected chi connectivity index (χ4v) is 2.81. The van der Waals surface area contributed by atoms with Crippen molar-refractivity contribution in [2.24, 2.45) is 0 Å². The predicted octanol–water partition coefficient (Wildman–Crippen LogP) is 4.75. The van der Waals surface area contributed by atoms with Crippen LogP contribution in [0.25, 0.3) is 0 Å². The lowest BCUT2D eigenvalue weighted by Crippen LogP contribution is -2.30. The van der Waals surface area contributed by atoms with Crippen molar-refractivity contribution in [1.29, 1.82) is 0 Å². The van der Waals surface area contributed by atoms with E-state index in [1.807, 2.05) is 18.2 Å². The van der Waals surface area contributed by atoms with Crippen LogP contribution in [-0.2, 0) is 12.8 Å². The largest absolute Gasteiger partial charge is 0.316 e. The summed E-state index contributed by atoms with van der Waals surface area (Å²) in [5.41, 5.74) is 1.11. The maximum absolute atomic E-state index is 14.0. The highest BCUT2D eigenvalue weighted by molar-refractivity contribution is 9.10. The van der Waals surface area contributed by atoms with Gasteiger partial charge in [0.15, 0.2) is 0 Å². The number of hydrogen-bond acceptors (Lipinski definition) is 1. The second-order valence-electron chi connectivity index (χ2n) is 4.85. The van der Waals surface area contributed by atoms with E-state index in [-0.39, 0.29) is 22.5 Å². The average Bonchev–Trinajstić information content (AvgIpc) is 2.46. The highest BCUT2D eigenvalue weighted by Gasteiger charge is 2.17. The Morgan fingerprint density at radius 1 is 1.19 bits per heavy atom. The summed E-state index contributed by atoms with van der Waals surface area (Å²) in [6.45, 7) is 0. The van der Waals surface area contributed by atoms with E-state index in [2.05, 4.69) is 21.2 Å². The Balaban J connectivity index is 2.18. The molecule has 1 nitrogen and oxygen atoms in total. The minimum atomic E-state index is -0.540. The van der Waals surface area contributed by atoms with Gasteiger partial charge in [0.25, 0.3) is 0 Å². The molecule has 2 aromatic rings. The van der Waals surface area contributed by atoms with E-state index in [1.165, 1.54) is 12.1 Å². The molecule has 0 spiro atoms. The van der Waals surface area contributed by atoms with Gasteiger partial charge in [-0.1, -0.05) is 23.7 Å². The summed E-state index contributed by atoms with van der Waals surface area (Å²) in [5.74, 6) is -1.07. The zero-order valence-corrected chi connectivity index (χ0v) is 13.8. The fourth-order valence-electron chi connectivity index (χ4n) is 2.23. The van der Waals surface area contributed by atoms with Crippen molar-refractivity contribution in [1.82, 2.24) is 5.32 Å². The molecule has 0 aromatic heterocycles. The molecule has 1 unspecified atom stereocenters. The van der Waals surface area contributed by atoms with Crippen molar-refractivity contribution in [3.63, 3.8) is 0 Å². The van der Waals surface area contributed by atoms with Crippen LogP contribution in [0.2, 0.25) is 5.02 Å². The van der Waals surface area contributed by atoms with E-state index in [1.54, 1.807) is 13.1 Å². The van der Waals surface area contributed by atoms with Crippen molar-refractivity contribution < 1.29 is 8.78 Å². The topological polar surface area (TPSA) is 12.0 Å². The van der Waals surface area contributed by atoms with Crippen molar-refractivity contribution in [3.8, 4) is 0 Å². The van der Waals surface area contributed by atoms with Crippen LogP contribution in [0.15, 0.2) is 40.9 Å². The maximum atomic E-state index is 14.0. The van der Waals surface area contributed by atoms with Gasteiger partial charge in [-0.05, 0) is 65.6 Å². The van der Waals surface area contributed by atoms with Crippen LogP contribution in [0, 0.1) is 11.6 Å². The third-order valence-electron chi connectivity index (χ3n) is 3.37. The molecule has 0 heterocycles. The highest BCUT2D eigenvalue weighted by Crippen LogP contribution is 2.23. The Hall–Kier alpha value is -0.970. The smallest absolute Gasteiger partial charge is 0.143 e. The lowest BCUT2D eigenvalue weighted by atomic mass is 9.98. The monoisotopic (exact) mass is 373 g/mol. The predicted molar refractivity (Wildman–Crippen MR) is 85.8 cm³/mol. The second kappa shape index (κ2) is 7.34. The molecule has 112 valence electrons. The van der Waals surface area contributed by atoms with Crippen LogP contribution in [0.5, 0.6) is 0 Å². The molecule has 21 heavy (non-hydrogen) atoms. The standard InChI is InChI=1S/C16H15BrClF2N/c1-21-12(8-10-3-2-4-11(18)7-10)9-13-15(19)6-5-14(17)16(13)20/h2-7,12,21H,8-9H2,1H3. The summed E-state index contributed by atoms with van der Waals surface area (Å²) in [6, 6.07) is 10.0. The number of hydrogen-bond donors (Lipinski definition) is 1. The molecule has 0 amide bonds. The van der Waals surface area contributed by atoms with E-state index in [0.717, 1.165) is 5.56 Å². The van der Waals surface area contributed by atoms with Gasteiger partial charge in [-0.3, -0.25) is 0 Å². The highest BCUT2D eigenvalue weighted by atomic mass is 79.9. The zero-order chi connectivity index (χ0) is 15.4. The van der Waals surface area contributed by atoms with E-state index in [0.29, 0.717) is 11.4 Å². The van der Waals surface area contributed by atoms with Crippen LogP contribution in [0.4, 0.5) is 8.78 Å². The first-order valence-electron chi connectivity index (χ1n) is 6.55. The molecular weight excluding hydrogens is 360 g/mol. The molecule has 0 radical (unpaired) electrons. The van der Waals surface area contributed by atoms with Gasteiger partial charge < -0.3 is 5.32 Å². The summed E-state index contributed by atoms with van der Waals surface area (Å²) in [5, 5.41) is 3.76. The Morgan fingerprint density at radius 2 is 1.95 bits per heavy atom. The van der Waals surface area contributed by atoms with Gasteiger partial charge in [0.1, 0.15) is 11.6 Å². The van der Waals surface area contributed by atoms with Gasteiger partial charge in [0, 0.05) is 16.6 Å². The minimum absolute atomic E-state index is 0.0817. The Bertz CT molecular complexity index is 634. The summed E-state index contributed by atoms with van der Waals surface area (Å²) in [4.78, 5) is 0. The molecule has 0 bridgehead atoms. The van der Waals surface area contributed by atoms with E-state index in [4.69, 9.17) is 11.6 Å². The molecule has 0 fully saturated rings. The molecule has 0 aliphatic rings. The summed E-state index contributed by atoms with van der Waals surface area (Å²) in [7, 11) is 1.78. The summed E-state index contributed by atoms with van der Waals surface area (Å²) >= 11 is 9.05. The first kappa shape index (κ1) is 16.4. The van der Waals surface area contributed by atoms with E-state index < -0.39 is 11.6 Å². The lowest BCUT2D eigenvalue weighted by Gasteiger charge is -2.18. The fraction of sp³-hybridized carbons (Fsp3) is 0.250. The normalized spacial score (nSPS) is 12.4. The van der Waals surface area contributed by atoms with Gasteiger partial charge in [-0.15, -0.1) is 0 Å². The third-order valence-corrected chi connectivity index (χ3v) is 4.22. The maximum Gasteiger partial charge on any atom is 0.143 e. The molecule has 0 aliphatic carbocycles. The van der Waals surface area contributed by atoms with Crippen LogP contribution in [0.1, 0.15) is 11.1 Å². The van der Waals surface area contributed by atoms with Crippen LogP contribution < -0.4 is 5.32 Å². The van der Waals surface area contributed by atoms with Crippen LogP contribution in [-0.4, -0.2) is 13.1 Å². The summed E-state index contributed by atoms with van der Waals surface area (Å²) in [6.07, 6.45) is 0.905. The Kier molecular flexibility index (Phi) is 5.73. The number of halogens is 4. The number of likely N-dealkylation sites (N-methyl/N-ethyl adjacent to an activating group) is 1. The van der Waals surface area contributed by atoms with Gasteiger partial charge in [0.05, 0.1) is 4.47 Å². The summed E-state index contributed by atoms with van der Waals surface area (Å²) < 4.78 is 28.1. The zero-order valence-electron chi connectivity index (χ0n) is 11.5. The van der Waals surface area contributed by atoms with Crippen LogP contribution >= 0.6 is 27.5 Å². The van der Waals surface area contributed by atoms with Crippen molar-refractivity contribution in [2.45, 2.75) is 18.9 Å². The Morgan fingerprint density at radius 3 is 2.62 bits per heavy atom. The number of nitrogens with one attached hydrogen (secondary N) is 1. The molecule has 2 rings (SSSR count). The van der Waals surface area contributed by atoms with Gasteiger partial charge >= 0.3 is 0 Å². The van der Waals surface area contributed by atoms with E-state index in [9.17, 15) is 8.78 Å². The quantitative estimate of drug-likeness (QED) is 0.745. The third kappa shape index (κ3) is 4.25. The first-order valence-corrected chi connectivity index (χ1v) is 7.72. The molecule has 0 aliphatic heterocycles. The van der Waals surface area contributed by atoms with Gasteiger partial charge in [-0.2, -0.15) is 0 Å². The van der Waals surface area contributed by atoms with Crippen LogP contribution in [0.3, 0.4) is 0 Å². The van der Waals surface area contributed by atoms with Crippen molar-refractivity contribution in [2.75, 3.05) is 7.05 Å². The molecular formula is C16H15BrClF2N. The SMILES string of the molecule is CNC(Cc1cccc(Cl)c1)Cc1c(F)ccc(Br)c1F. The molecule has 0 saturated heterocycles. The second-order valence-corrected chi connectivity index (χ2v) is 6.14. The molecule has 2 aromatic carbocycles. The number of rotatable bonds is 5. The molecule has 1 atom stereocenters. The minimum Gasteiger partial charge on any atom is -0.316 e. The number of benzene rings is 2. The lowest BCUT2D eigenvalue weighted by molar-refractivity contribution is 0.500. The van der Waals surface area contributed by atoms with Crippen molar-refractivity contribution >= 4 is 27.5 Å². The first-order chi connectivity index (χ1) is 10.0. The van der Waals surface area contributed by atoms with E-state index >= 15 is 0 Å². The average molecular weight is 375 g/mol.